The van der Waals surface area contributed by atoms with Crippen molar-refractivity contribution in [2.24, 2.45) is 0 Å². The highest BCUT2D eigenvalue weighted by atomic mass is 32.2. The lowest BCUT2D eigenvalue weighted by Crippen LogP contribution is -2.34. The Bertz CT molecular complexity index is 1030. The van der Waals surface area contributed by atoms with Gasteiger partial charge in [-0.25, -0.2) is 13.5 Å². The van der Waals surface area contributed by atoms with Crippen molar-refractivity contribution in [2.45, 2.75) is 5.16 Å². The molecule has 0 aliphatic heterocycles. The van der Waals surface area contributed by atoms with E-state index < -0.39 is 23.4 Å². The molecule has 4 N–H and O–H groups in total. The molecular weight excluding hydrogens is 402 g/mol. The maximum atomic E-state index is 13.9. The number of anilines is 1. The van der Waals surface area contributed by atoms with Gasteiger partial charge >= 0.3 is 0 Å². The van der Waals surface area contributed by atoms with Crippen molar-refractivity contribution < 1.29 is 18.4 Å². The second-order valence-electron chi connectivity index (χ2n) is 5.78. The van der Waals surface area contributed by atoms with Crippen LogP contribution in [0.5, 0.6) is 0 Å². The zero-order chi connectivity index (χ0) is 20.8. The third kappa shape index (κ3) is 5.29. The first kappa shape index (κ1) is 20.3. The molecule has 3 aromatic rings. The van der Waals surface area contributed by atoms with Crippen LogP contribution in [0, 0.1) is 11.6 Å². The molecule has 1 aromatic heterocycles. The fraction of sp³-hybridized carbons (Fsp3) is 0.111. The van der Waals surface area contributed by atoms with Crippen LogP contribution in [0.15, 0.2) is 53.7 Å². The number of carbonyl (C=O) groups is 2. The molecule has 2 amide bonds. The normalized spacial score (nSPS) is 10.6. The van der Waals surface area contributed by atoms with Crippen LogP contribution in [0.25, 0.3) is 11.4 Å². The number of aromatic nitrogens is 3. The molecule has 1 heterocycles. The summed E-state index contributed by atoms with van der Waals surface area (Å²) in [6, 6.07) is 11.2. The molecule has 0 saturated carbocycles. The Balaban J connectivity index is 1.49. The van der Waals surface area contributed by atoms with Gasteiger partial charge in [0.1, 0.15) is 11.6 Å². The second kappa shape index (κ2) is 9.15. The smallest absolute Gasteiger partial charge is 0.243 e. The van der Waals surface area contributed by atoms with Gasteiger partial charge in [0.2, 0.25) is 17.0 Å². The van der Waals surface area contributed by atoms with Gasteiger partial charge in [-0.15, -0.1) is 10.2 Å². The van der Waals surface area contributed by atoms with Crippen LogP contribution in [0.3, 0.4) is 0 Å². The summed E-state index contributed by atoms with van der Waals surface area (Å²) in [5.41, 5.74) is 0.605. The van der Waals surface area contributed by atoms with Gasteiger partial charge in [-0.2, -0.15) is 0 Å². The van der Waals surface area contributed by atoms with Crippen LogP contribution in [-0.4, -0.2) is 39.0 Å². The Kier molecular flexibility index (Phi) is 6.39. The number of halogens is 2. The van der Waals surface area contributed by atoms with Crippen molar-refractivity contribution in [1.29, 1.82) is 0 Å². The van der Waals surface area contributed by atoms with Crippen LogP contribution >= 0.6 is 11.8 Å². The fourth-order valence-corrected chi connectivity index (χ4v) is 2.99. The highest BCUT2D eigenvalue weighted by molar-refractivity contribution is 7.99. The van der Waals surface area contributed by atoms with E-state index in [0.717, 1.165) is 16.4 Å². The number of nitrogen functional groups attached to an aromatic ring is 1. The molecule has 2 aromatic carbocycles. The predicted octanol–water partition coefficient (Wildman–Crippen LogP) is 1.78. The zero-order valence-electron chi connectivity index (χ0n) is 14.9. The molecule has 8 nitrogen and oxygen atoms in total. The van der Waals surface area contributed by atoms with Crippen molar-refractivity contribution in [2.75, 3.05) is 23.5 Å². The third-order valence-electron chi connectivity index (χ3n) is 3.69. The number of hydrogen-bond donors (Lipinski definition) is 3. The Morgan fingerprint density at radius 2 is 1.76 bits per heavy atom. The van der Waals surface area contributed by atoms with E-state index in [1.165, 1.54) is 36.4 Å². The van der Waals surface area contributed by atoms with Crippen molar-refractivity contribution >= 4 is 29.3 Å². The van der Waals surface area contributed by atoms with E-state index in [1.807, 2.05) is 0 Å². The highest BCUT2D eigenvalue weighted by Crippen LogP contribution is 2.23. The highest BCUT2D eigenvalue weighted by Gasteiger charge is 2.16. The number of carbonyl (C=O) groups excluding carboxylic acids is 2. The van der Waals surface area contributed by atoms with Gasteiger partial charge in [-0.3, -0.25) is 9.59 Å². The van der Waals surface area contributed by atoms with E-state index >= 15 is 0 Å². The molecule has 11 heteroatoms. The molecule has 0 aliphatic rings. The van der Waals surface area contributed by atoms with Crippen molar-refractivity contribution in [1.82, 2.24) is 20.2 Å². The first-order chi connectivity index (χ1) is 13.9. The molecule has 29 heavy (non-hydrogen) atoms. The zero-order valence-corrected chi connectivity index (χ0v) is 15.7. The van der Waals surface area contributed by atoms with E-state index in [1.54, 1.807) is 12.1 Å². The Morgan fingerprint density at radius 1 is 1.03 bits per heavy atom. The summed E-state index contributed by atoms with van der Waals surface area (Å²) in [5.74, 6) is 4.15. The van der Waals surface area contributed by atoms with Crippen LogP contribution < -0.4 is 16.5 Å². The summed E-state index contributed by atoms with van der Waals surface area (Å²) in [5, 5.41) is 12.9. The number of benzene rings is 2. The minimum Gasteiger partial charge on any atom is -0.346 e. The minimum absolute atomic E-state index is 0.0730. The Morgan fingerprint density at radius 3 is 2.48 bits per heavy atom. The average molecular weight is 418 g/mol. The van der Waals surface area contributed by atoms with E-state index in [2.05, 4.69) is 20.8 Å². The molecule has 0 aliphatic carbocycles. The van der Waals surface area contributed by atoms with Gasteiger partial charge in [0, 0.05) is 5.69 Å². The number of nitrogens with two attached hydrogens (primary N) is 1. The minimum atomic E-state index is -0.493. The van der Waals surface area contributed by atoms with Crippen LogP contribution in [-0.2, 0) is 9.59 Å². The van der Waals surface area contributed by atoms with Crippen LogP contribution in [0.1, 0.15) is 0 Å². The van der Waals surface area contributed by atoms with E-state index in [9.17, 15) is 18.4 Å². The lowest BCUT2D eigenvalue weighted by Gasteiger charge is -2.07. The van der Waals surface area contributed by atoms with E-state index in [-0.39, 0.29) is 28.8 Å². The number of hydrogen-bond acceptors (Lipinski definition) is 6. The van der Waals surface area contributed by atoms with Gasteiger partial charge in [-0.1, -0.05) is 23.9 Å². The third-order valence-corrected chi connectivity index (χ3v) is 4.63. The fourth-order valence-electron chi connectivity index (χ4n) is 2.30. The Labute approximate surface area is 168 Å². The van der Waals surface area contributed by atoms with Gasteiger partial charge in [0.25, 0.3) is 0 Å². The number of rotatable bonds is 7. The largest absolute Gasteiger partial charge is 0.346 e. The predicted molar refractivity (Wildman–Crippen MR) is 104 cm³/mol. The van der Waals surface area contributed by atoms with Crippen LogP contribution in [0.4, 0.5) is 14.5 Å². The maximum Gasteiger partial charge on any atom is 0.243 e. The van der Waals surface area contributed by atoms with Crippen LogP contribution in [0.2, 0.25) is 0 Å². The molecule has 0 unspecified atom stereocenters. The SMILES string of the molecule is Nn1c(SCC(=O)NCC(=O)Nc2ccc(F)cc2)nnc1-c1ccccc1F. The summed E-state index contributed by atoms with van der Waals surface area (Å²) in [6.07, 6.45) is 0. The van der Waals surface area contributed by atoms with E-state index in [0.29, 0.717) is 5.69 Å². The number of nitrogens with one attached hydrogen (secondary N) is 2. The summed E-state index contributed by atoms with van der Waals surface area (Å²) >= 11 is 0.990. The Hall–Kier alpha value is -3.47. The molecule has 3 rings (SSSR count). The summed E-state index contributed by atoms with van der Waals surface area (Å²) in [7, 11) is 0. The molecule has 0 bridgehead atoms. The van der Waals surface area contributed by atoms with E-state index in [4.69, 9.17) is 5.84 Å². The number of thioether (sulfide) groups is 1. The first-order valence-electron chi connectivity index (χ1n) is 8.34. The average Bonchev–Trinajstić information content (AvgIpc) is 3.07. The summed E-state index contributed by atoms with van der Waals surface area (Å²) in [4.78, 5) is 23.8. The quantitative estimate of drug-likeness (QED) is 0.398. The first-order valence-corrected chi connectivity index (χ1v) is 9.33. The molecule has 0 radical (unpaired) electrons. The lowest BCUT2D eigenvalue weighted by atomic mass is 10.2. The molecular formula is C18H16F2N6O2S. The number of nitrogens with zero attached hydrogens (tertiary/aromatic N) is 3. The molecule has 0 saturated heterocycles. The molecule has 0 spiro atoms. The van der Waals surface area contributed by atoms with Crippen molar-refractivity contribution in [3.05, 3.63) is 60.2 Å². The molecule has 150 valence electrons. The standard InChI is InChI=1S/C18H16F2N6O2S/c19-11-5-7-12(8-6-11)23-15(27)9-22-16(28)10-29-18-25-24-17(26(18)21)13-3-1-2-4-14(13)20/h1-8H,9-10,21H2,(H,22,28)(H,23,27). The number of amides is 2. The second-order valence-corrected chi connectivity index (χ2v) is 6.72. The van der Waals surface area contributed by atoms with Gasteiger partial charge in [0.05, 0.1) is 17.9 Å². The lowest BCUT2D eigenvalue weighted by molar-refractivity contribution is -0.122. The monoisotopic (exact) mass is 418 g/mol. The topological polar surface area (TPSA) is 115 Å². The molecule has 0 atom stereocenters. The van der Waals surface area contributed by atoms with Crippen molar-refractivity contribution in [3.8, 4) is 11.4 Å². The molecule has 0 fully saturated rings. The van der Waals surface area contributed by atoms with Gasteiger partial charge < -0.3 is 16.5 Å². The van der Waals surface area contributed by atoms with Gasteiger partial charge in [0.15, 0.2) is 5.82 Å². The maximum absolute atomic E-state index is 13.9. The summed E-state index contributed by atoms with van der Waals surface area (Å²) in [6.45, 7) is -0.257. The summed E-state index contributed by atoms with van der Waals surface area (Å²) < 4.78 is 27.8. The van der Waals surface area contributed by atoms with Gasteiger partial charge in [-0.05, 0) is 36.4 Å². The van der Waals surface area contributed by atoms with Crippen molar-refractivity contribution in [3.63, 3.8) is 0 Å².